The van der Waals surface area contributed by atoms with E-state index in [-0.39, 0.29) is 24.4 Å². The largest absolute Gasteiger partial charge is 0.483 e. The van der Waals surface area contributed by atoms with E-state index in [0.29, 0.717) is 35.2 Å². The van der Waals surface area contributed by atoms with Crippen LogP contribution in [0.15, 0.2) is 10.9 Å². The second-order valence-electron chi connectivity index (χ2n) is 9.15. The molecule has 1 unspecified atom stereocenters. The van der Waals surface area contributed by atoms with Crippen molar-refractivity contribution in [3.63, 3.8) is 0 Å². The molecule has 5 rings (SSSR count). The first kappa shape index (κ1) is 27.6. The lowest BCUT2D eigenvalue weighted by Gasteiger charge is -2.19. The fraction of sp³-hybridized carbons (Fsp3) is 0.652. The van der Waals surface area contributed by atoms with Crippen molar-refractivity contribution in [2.24, 2.45) is 0 Å². The Bertz CT molecular complexity index is 1190. The molecule has 15 nitrogen and oxygen atoms in total. The summed E-state index contributed by atoms with van der Waals surface area (Å²) in [6.45, 7) is 7.66. The van der Waals surface area contributed by atoms with Crippen LogP contribution in [0.4, 0.5) is 11.8 Å². The molecule has 0 amide bonds. The third-order valence-electron chi connectivity index (χ3n) is 6.70. The molecule has 0 radical (unpaired) electrons. The van der Waals surface area contributed by atoms with E-state index in [1.165, 1.54) is 0 Å². The van der Waals surface area contributed by atoms with Gasteiger partial charge in [0.25, 0.3) is 12.4 Å². The molecule has 2 saturated heterocycles. The zero-order valence-electron chi connectivity index (χ0n) is 21.6. The summed E-state index contributed by atoms with van der Waals surface area (Å²) < 4.78 is 12.9. The number of fused-ring (bicyclic) bond motifs is 1. The zero-order chi connectivity index (χ0) is 27.2. The van der Waals surface area contributed by atoms with Crippen LogP contribution in [0.5, 0.6) is 0 Å². The molecule has 2 aliphatic heterocycles. The lowest BCUT2D eigenvalue weighted by Crippen LogP contribution is -2.29. The first-order chi connectivity index (χ1) is 18.4. The summed E-state index contributed by atoms with van der Waals surface area (Å²) in [4.78, 5) is 26.6. The highest BCUT2D eigenvalue weighted by atomic mass is 16.6. The zero-order valence-corrected chi connectivity index (χ0v) is 21.6. The van der Waals surface area contributed by atoms with Gasteiger partial charge in [-0.25, -0.2) is 4.98 Å². The molecule has 0 aromatic carbocycles. The molecule has 2 fully saturated rings. The van der Waals surface area contributed by atoms with Crippen molar-refractivity contribution in [3.8, 4) is 0 Å². The topological polar surface area (TPSA) is 206 Å². The van der Waals surface area contributed by atoms with Crippen molar-refractivity contribution in [2.75, 3.05) is 23.7 Å². The van der Waals surface area contributed by atoms with Gasteiger partial charge in [-0.3, -0.25) is 9.36 Å². The molecule has 0 saturated carbocycles. The highest BCUT2D eigenvalue weighted by molar-refractivity contribution is 5.84. The third kappa shape index (κ3) is 5.70. The SMILES string of the molecule is CCc1noc([C@H]2O[C@@H](n3cnc4c(NC(CC)CC)nc(NC5CCNC5)nc43)[C@H](O)[C@@H]2O)n1.O=CO. The van der Waals surface area contributed by atoms with E-state index in [2.05, 4.69) is 44.9 Å². The quantitative estimate of drug-likeness (QED) is 0.211. The summed E-state index contributed by atoms with van der Waals surface area (Å²) in [7, 11) is 0. The molecule has 38 heavy (non-hydrogen) atoms. The minimum Gasteiger partial charge on any atom is -0.483 e. The standard InChI is InChI=1S/C22H33N9O4.CH2O2/c1-4-11(5-2)25-18-14-19(29-22(28-18)26-12-7-8-23-9-12)31(10-24-14)21-16(33)15(32)17(34-21)20-27-13(6-3)30-35-20;2-1-3/h10-12,15-17,21,23,32-33H,4-9H2,1-3H3,(H2,25,26,28,29);1H,(H,2,3)/t12?,15-,16+,17-,21+;/m0./s1. The van der Waals surface area contributed by atoms with Crippen LogP contribution in [0, 0.1) is 0 Å². The molecule has 208 valence electrons. The van der Waals surface area contributed by atoms with Crippen molar-refractivity contribution in [1.29, 1.82) is 0 Å². The number of aliphatic hydroxyl groups excluding tert-OH is 2. The van der Waals surface area contributed by atoms with Gasteiger partial charge in [0.1, 0.15) is 12.2 Å². The van der Waals surface area contributed by atoms with Crippen LogP contribution >= 0.6 is 0 Å². The highest BCUT2D eigenvalue weighted by Crippen LogP contribution is 2.39. The number of anilines is 2. The van der Waals surface area contributed by atoms with E-state index < -0.39 is 24.5 Å². The Hall–Kier alpha value is -3.40. The van der Waals surface area contributed by atoms with E-state index in [4.69, 9.17) is 29.1 Å². The van der Waals surface area contributed by atoms with Crippen molar-refractivity contribution in [1.82, 2.24) is 35.0 Å². The number of nitrogens with one attached hydrogen (secondary N) is 3. The van der Waals surface area contributed by atoms with Crippen LogP contribution < -0.4 is 16.0 Å². The Labute approximate surface area is 219 Å². The van der Waals surface area contributed by atoms with E-state index in [1.807, 2.05) is 6.92 Å². The van der Waals surface area contributed by atoms with Gasteiger partial charge in [-0.1, -0.05) is 25.9 Å². The molecule has 5 heterocycles. The third-order valence-corrected chi connectivity index (χ3v) is 6.70. The van der Waals surface area contributed by atoms with Gasteiger partial charge in [0, 0.05) is 25.0 Å². The number of aliphatic hydroxyl groups is 2. The number of carboxylic acid groups (broad SMARTS) is 1. The molecule has 15 heteroatoms. The van der Waals surface area contributed by atoms with Gasteiger partial charge in [-0.2, -0.15) is 15.0 Å². The Kier molecular flexibility index (Phi) is 9.04. The number of aryl methyl sites for hydroxylation is 1. The summed E-state index contributed by atoms with van der Waals surface area (Å²) in [5.74, 6) is 1.71. The monoisotopic (exact) mass is 533 g/mol. The maximum atomic E-state index is 10.9. The number of imidazole rings is 1. The van der Waals surface area contributed by atoms with E-state index in [9.17, 15) is 10.2 Å². The fourth-order valence-corrected chi connectivity index (χ4v) is 4.53. The smallest absolute Gasteiger partial charge is 0.290 e. The number of aromatic nitrogens is 6. The molecule has 2 aliphatic rings. The lowest BCUT2D eigenvalue weighted by atomic mass is 10.1. The highest BCUT2D eigenvalue weighted by Gasteiger charge is 2.47. The molecule has 3 aromatic rings. The first-order valence-electron chi connectivity index (χ1n) is 12.8. The maximum Gasteiger partial charge on any atom is 0.290 e. The van der Waals surface area contributed by atoms with Gasteiger partial charge in [-0.15, -0.1) is 0 Å². The van der Waals surface area contributed by atoms with Gasteiger partial charge < -0.3 is 40.5 Å². The summed E-state index contributed by atoms with van der Waals surface area (Å²) >= 11 is 0. The average molecular weight is 534 g/mol. The summed E-state index contributed by atoms with van der Waals surface area (Å²) in [5.41, 5.74) is 1.05. The molecule has 5 atom stereocenters. The minimum absolute atomic E-state index is 0.127. The van der Waals surface area contributed by atoms with Crippen LogP contribution in [-0.2, 0) is 16.0 Å². The Morgan fingerprint density at radius 3 is 2.61 bits per heavy atom. The Morgan fingerprint density at radius 1 is 1.21 bits per heavy atom. The first-order valence-corrected chi connectivity index (χ1v) is 12.8. The van der Waals surface area contributed by atoms with Crippen LogP contribution in [0.1, 0.15) is 64.1 Å². The lowest BCUT2D eigenvalue weighted by molar-refractivity contribution is -0.122. The number of rotatable bonds is 9. The molecular weight excluding hydrogens is 498 g/mol. The number of hydrogen-bond donors (Lipinski definition) is 6. The van der Waals surface area contributed by atoms with Crippen LogP contribution in [0.2, 0.25) is 0 Å². The molecule has 0 aliphatic carbocycles. The number of ether oxygens (including phenoxy) is 1. The summed E-state index contributed by atoms with van der Waals surface area (Å²) in [6.07, 6.45) is 0.537. The van der Waals surface area contributed by atoms with Crippen molar-refractivity contribution in [2.45, 2.75) is 83.1 Å². The predicted octanol–water partition coefficient (Wildman–Crippen LogP) is 0.839. The number of hydrogen-bond acceptors (Lipinski definition) is 13. The minimum atomic E-state index is -1.26. The van der Waals surface area contributed by atoms with Gasteiger partial charge in [0.15, 0.2) is 35.1 Å². The predicted molar refractivity (Wildman–Crippen MR) is 135 cm³/mol. The van der Waals surface area contributed by atoms with Crippen molar-refractivity contribution >= 4 is 29.4 Å². The normalized spacial score (nSPS) is 24.9. The Balaban J connectivity index is 0.00000107. The van der Waals surface area contributed by atoms with Gasteiger partial charge >= 0.3 is 0 Å². The van der Waals surface area contributed by atoms with Crippen LogP contribution in [-0.4, -0.2) is 88.8 Å². The van der Waals surface area contributed by atoms with Crippen LogP contribution in [0.25, 0.3) is 11.2 Å². The average Bonchev–Trinajstić information content (AvgIpc) is 3.72. The fourth-order valence-electron chi connectivity index (χ4n) is 4.53. The second kappa shape index (κ2) is 12.4. The molecule has 6 N–H and O–H groups in total. The van der Waals surface area contributed by atoms with Crippen molar-refractivity contribution in [3.05, 3.63) is 18.0 Å². The van der Waals surface area contributed by atoms with Gasteiger partial charge in [0.2, 0.25) is 5.95 Å². The maximum absolute atomic E-state index is 10.9. The van der Waals surface area contributed by atoms with Gasteiger partial charge in [-0.05, 0) is 25.8 Å². The Morgan fingerprint density at radius 2 is 1.97 bits per heavy atom. The summed E-state index contributed by atoms with van der Waals surface area (Å²) in [5, 5.41) is 42.6. The second-order valence-corrected chi connectivity index (χ2v) is 9.15. The van der Waals surface area contributed by atoms with E-state index >= 15 is 0 Å². The summed E-state index contributed by atoms with van der Waals surface area (Å²) in [6, 6.07) is 0.443. The number of nitrogens with zero attached hydrogens (tertiary/aromatic N) is 6. The van der Waals surface area contributed by atoms with Gasteiger partial charge in [0.05, 0.1) is 6.33 Å². The van der Waals surface area contributed by atoms with Crippen molar-refractivity contribution < 1.29 is 29.4 Å². The molecule has 3 aromatic heterocycles. The molecular formula is C23H35N9O6. The van der Waals surface area contributed by atoms with Crippen LogP contribution in [0.3, 0.4) is 0 Å². The van der Waals surface area contributed by atoms with E-state index in [0.717, 1.165) is 32.4 Å². The van der Waals surface area contributed by atoms with E-state index in [1.54, 1.807) is 10.9 Å². The molecule has 0 spiro atoms. The number of carbonyl (C=O) groups is 1. The molecule has 0 bridgehead atoms.